The molecule has 148 valence electrons. The number of rotatable bonds is 6. The third-order valence-electron chi connectivity index (χ3n) is 5.61. The van der Waals surface area contributed by atoms with Crippen LogP contribution in [0.1, 0.15) is 25.8 Å². The normalized spacial score (nSPS) is 28.0. The SMILES string of the molecule is COc1cc(C=NN2C(=O)C3C4C=CC(C4)C3C2=O)cc(OC)c1OC(C)C. The number of amides is 2. The van der Waals surface area contributed by atoms with E-state index in [1.165, 1.54) is 6.21 Å². The fourth-order valence-electron chi connectivity index (χ4n) is 4.45. The molecule has 2 aliphatic carbocycles. The molecule has 1 aliphatic heterocycles. The van der Waals surface area contributed by atoms with E-state index in [9.17, 15) is 9.59 Å². The van der Waals surface area contributed by atoms with Crippen molar-refractivity contribution in [3.63, 3.8) is 0 Å². The van der Waals surface area contributed by atoms with Gasteiger partial charge in [-0.1, -0.05) is 12.2 Å². The van der Waals surface area contributed by atoms with Crippen molar-refractivity contribution in [2.24, 2.45) is 28.8 Å². The minimum absolute atomic E-state index is 0.0504. The highest BCUT2D eigenvalue weighted by atomic mass is 16.5. The largest absolute Gasteiger partial charge is 0.493 e. The van der Waals surface area contributed by atoms with Gasteiger partial charge in [0.1, 0.15) is 0 Å². The summed E-state index contributed by atoms with van der Waals surface area (Å²) in [5.74, 6) is 0.890. The Morgan fingerprint density at radius 3 is 2.04 bits per heavy atom. The van der Waals surface area contributed by atoms with Crippen molar-refractivity contribution in [1.29, 1.82) is 0 Å². The van der Waals surface area contributed by atoms with Gasteiger partial charge in [-0.15, -0.1) is 0 Å². The number of imide groups is 1. The van der Waals surface area contributed by atoms with Gasteiger partial charge >= 0.3 is 0 Å². The molecule has 7 nitrogen and oxygen atoms in total. The van der Waals surface area contributed by atoms with E-state index in [1.54, 1.807) is 26.4 Å². The average molecular weight is 384 g/mol. The maximum atomic E-state index is 12.7. The highest BCUT2D eigenvalue weighted by Gasteiger charge is 2.59. The molecular formula is C21H24N2O5. The first-order valence-electron chi connectivity index (χ1n) is 9.47. The van der Waals surface area contributed by atoms with E-state index in [4.69, 9.17) is 14.2 Å². The molecular weight excluding hydrogens is 360 g/mol. The Balaban J connectivity index is 1.60. The Morgan fingerprint density at radius 1 is 1.04 bits per heavy atom. The van der Waals surface area contributed by atoms with Gasteiger partial charge in [-0.3, -0.25) is 9.59 Å². The predicted molar refractivity (Wildman–Crippen MR) is 102 cm³/mol. The summed E-state index contributed by atoms with van der Waals surface area (Å²) < 4.78 is 16.6. The third kappa shape index (κ3) is 2.85. The van der Waals surface area contributed by atoms with Gasteiger partial charge in [0.2, 0.25) is 5.75 Å². The monoisotopic (exact) mass is 384 g/mol. The minimum atomic E-state index is -0.259. The van der Waals surface area contributed by atoms with Crippen LogP contribution in [0.4, 0.5) is 0 Å². The minimum Gasteiger partial charge on any atom is -0.493 e. The molecule has 4 rings (SSSR count). The van der Waals surface area contributed by atoms with Crippen LogP contribution >= 0.6 is 0 Å². The number of carbonyl (C=O) groups is 2. The van der Waals surface area contributed by atoms with Crippen LogP contribution in [0.3, 0.4) is 0 Å². The molecule has 2 amide bonds. The first-order chi connectivity index (χ1) is 13.4. The van der Waals surface area contributed by atoms with Gasteiger partial charge in [-0.05, 0) is 44.2 Å². The van der Waals surface area contributed by atoms with Crippen LogP contribution in [0.5, 0.6) is 17.2 Å². The number of ether oxygens (including phenoxy) is 3. The Kier molecular flexibility index (Phi) is 4.61. The van der Waals surface area contributed by atoms with Crippen LogP contribution in [0.15, 0.2) is 29.4 Å². The molecule has 0 aromatic heterocycles. The van der Waals surface area contributed by atoms with Gasteiger partial charge in [-0.25, -0.2) is 0 Å². The fourth-order valence-corrected chi connectivity index (χ4v) is 4.45. The number of hydrogen-bond acceptors (Lipinski definition) is 6. The van der Waals surface area contributed by atoms with Crippen molar-refractivity contribution < 1.29 is 23.8 Å². The topological polar surface area (TPSA) is 77.4 Å². The van der Waals surface area contributed by atoms with E-state index in [0.29, 0.717) is 22.8 Å². The van der Waals surface area contributed by atoms with Crippen LogP contribution in [0.2, 0.25) is 0 Å². The molecule has 0 radical (unpaired) electrons. The Bertz CT molecular complexity index is 821. The van der Waals surface area contributed by atoms with Gasteiger partial charge in [-0.2, -0.15) is 10.1 Å². The summed E-state index contributed by atoms with van der Waals surface area (Å²) in [6, 6.07) is 3.47. The molecule has 7 heteroatoms. The number of hydrazone groups is 1. The summed E-state index contributed by atoms with van der Waals surface area (Å²) in [7, 11) is 3.08. The van der Waals surface area contributed by atoms with E-state index in [2.05, 4.69) is 17.3 Å². The quantitative estimate of drug-likeness (QED) is 0.428. The predicted octanol–water partition coefficient (Wildman–Crippen LogP) is 2.63. The van der Waals surface area contributed by atoms with Crippen molar-refractivity contribution in [2.45, 2.75) is 26.4 Å². The molecule has 4 unspecified atom stereocenters. The molecule has 0 spiro atoms. The number of fused-ring (bicyclic) bond motifs is 5. The molecule has 2 fully saturated rings. The lowest BCUT2D eigenvalue weighted by Crippen LogP contribution is -2.28. The average Bonchev–Trinajstić information content (AvgIpc) is 3.35. The first kappa shape index (κ1) is 18.5. The van der Waals surface area contributed by atoms with E-state index >= 15 is 0 Å². The van der Waals surface area contributed by atoms with Crippen LogP contribution in [-0.2, 0) is 9.59 Å². The summed E-state index contributed by atoms with van der Waals surface area (Å²) in [6.07, 6.45) is 6.46. The lowest BCUT2D eigenvalue weighted by molar-refractivity contribution is -0.140. The molecule has 1 aromatic rings. The summed E-state index contributed by atoms with van der Waals surface area (Å²) in [5.41, 5.74) is 0.642. The first-order valence-corrected chi connectivity index (χ1v) is 9.47. The zero-order valence-electron chi connectivity index (χ0n) is 16.4. The zero-order chi connectivity index (χ0) is 20.0. The lowest BCUT2D eigenvalue weighted by atomic mass is 9.85. The summed E-state index contributed by atoms with van der Waals surface area (Å²) in [4.78, 5) is 25.4. The Hall–Kier alpha value is -2.83. The second-order valence-corrected chi connectivity index (χ2v) is 7.65. The number of carbonyl (C=O) groups excluding carboxylic acids is 2. The van der Waals surface area contributed by atoms with Crippen LogP contribution in [-0.4, -0.2) is 43.4 Å². The number of nitrogens with zero attached hydrogens (tertiary/aromatic N) is 2. The van der Waals surface area contributed by atoms with E-state index in [-0.39, 0.29) is 41.6 Å². The van der Waals surface area contributed by atoms with Gasteiger partial charge in [0.05, 0.1) is 38.4 Å². The molecule has 1 aromatic carbocycles. The zero-order valence-corrected chi connectivity index (χ0v) is 16.4. The Morgan fingerprint density at radius 2 is 1.57 bits per heavy atom. The van der Waals surface area contributed by atoms with Crippen LogP contribution in [0.25, 0.3) is 0 Å². The maximum absolute atomic E-state index is 12.7. The van der Waals surface area contributed by atoms with E-state index < -0.39 is 0 Å². The maximum Gasteiger partial charge on any atom is 0.254 e. The van der Waals surface area contributed by atoms with Crippen LogP contribution < -0.4 is 14.2 Å². The molecule has 1 heterocycles. The molecule has 2 bridgehead atoms. The highest BCUT2D eigenvalue weighted by Crippen LogP contribution is 2.52. The van der Waals surface area contributed by atoms with E-state index in [1.807, 2.05) is 13.8 Å². The smallest absolute Gasteiger partial charge is 0.254 e. The van der Waals surface area contributed by atoms with Crippen molar-refractivity contribution >= 4 is 18.0 Å². The second-order valence-electron chi connectivity index (χ2n) is 7.65. The fraction of sp³-hybridized carbons (Fsp3) is 0.476. The molecule has 28 heavy (non-hydrogen) atoms. The lowest BCUT2D eigenvalue weighted by Gasteiger charge is -2.17. The number of hydrogen-bond donors (Lipinski definition) is 0. The second kappa shape index (κ2) is 6.96. The van der Waals surface area contributed by atoms with Gasteiger partial charge < -0.3 is 14.2 Å². The summed E-state index contributed by atoms with van der Waals surface area (Å²) in [5, 5.41) is 5.23. The third-order valence-corrected chi connectivity index (χ3v) is 5.61. The molecule has 3 aliphatic rings. The highest BCUT2D eigenvalue weighted by molar-refractivity contribution is 6.06. The van der Waals surface area contributed by atoms with Crippen molar-refractivity contribution in [1.82, 2.24) is 5.01 Å². The van der Waals surface area contributed by atoms with Crippen molar-refractivity contribution in [3.05, 3.63) is 29.8 Å². The standard InChI is InChI=1S/C21H24N2O5/c1-11(2)28-19-15(26-3)7-12(8-16(19)27-4)10-22-23-20(24)17-13-5-6-14(9-13)18(17)21(23)25/h5-8,10-11,13-14,17-18H,9H2,1-4H3. The summed E-state index contributed by atoms with van der Waals surface area (Å²) in [6.45, 7) is 3.83. The van der Waals surface area contributed by atoms with E-state index in [0.717, 1.165) is 11.4 Å². The van der Waals surface area contributed by atoms with Gasteiger partial charge in [0.15, 0.2) is 11.5 Å². The van der Waals surface area contributed by atoms with Gasteiger partial charge in [0, 0.05) is 5.56 Å². The van der Waals surface area contributed by atoms with Crippen LogP contribution in [0, 0.1) is 23.7 Å². The number of benzene rings is 1. The Labute approximate surface area is 163 Å². The van der Waals surface area contributed by atoms with Gasteiger partial charge in [0.25, 0.3) is 11.8 Å². The molecule has 1 saturated heterocycles. The molecule has 1 saturated carbocycles. The van der Waals surface area contributed by atoms with Crippen molar-refractivity contribution in [3.8, 4) is 17.2 Å². The van der Waals surface area contributed by atoms with Crippen molar-refractivity contribution in [2.75, 3.05) is 14.2 Å². The number of methoxy groups -OCH3 is 2. The molecule has 0 N–H and O–H groups in total. The number of allylic oxidation sites excluding steroid dienone is 2. The molecule has 4 atom stereocenters. The summed E-state index contributed by atoms with van der Waals surface area (Å²) >= 11 is 0.